The first-order valence-corrected chi connectivity index (χ1v) is 11.9. The second kappa shape index (κ2) is 12.3. The maximum Gasteiger partial charge on any atom is 0.318 e. The molecule has 7 heteroatoms. The highest BCUT2D eigenvalue weighted by Gasteiger charge is 2.25. The molecule has 2 aliphatic rings. The first-order chi connectivity index (χ1) is 13.5. The van der Waals surface area contributed by atoms with Gasteiger partial charge in [0, 0.05) is 38.9 Å². The van der Waals surface area contributed by atoms with Crippen LogP contribution in [0.3, 0.4) is 0 Å². The highest BCUT2D eigenvalue weighted by Crippen LogP contribution is 2.26. The summed E-state index contributed by atoms with van der Waals surface area (Å²) in [6.45, 7) is 6.14. The highest BCUT2D eigenvalue weighted by molar-refractivity contribution is 8.13. The summed E-state index contributed by atoms with van der Waals surface area (Å²) in [7, 11) is 0. The third kappa shape index (κ3) is 8.02. The zero-order chi connectivity index (χ0) is 20.4. The molecule has 1 atom stereocenters. The van der Waals surface area contributed by atoms with E-state index in [-0.39, 0.29) is 17.1 Å². The molecule has 1 N–H and O–H groups in total. The minimum absolute atomic E-state index is 0.0124. The Labute approximate surface area is 174 Å². The number of rotatable bonds is 8. The SMILES string of the molecule is CC(=O)SCCN(CCC1CCCCC1)C(=O)NC(C)C(=O)N1CCCCC1. The first kappa shape index (κ1) is 23.0. The monoisotopic (exact) mass is 411 g/mol. The molecule has 28 heavy (non-hydrogen) atoms. The number of urea groups is 1. The minimum Gasteiger partial charge on any atom is -0.341 e. The lowest BCUT2D eigenvalue weighted by Gasteiger charge is -2.31. The zero-order valence-corrected chi connectivity index (χ0v) is 18.4. The maximum absolute atomic E-state index is 12.8. The fourth-order valence-corrected chi connectivity index (χ4v) is 4.75. The van der Waals surface area contributed by atoms with Crippen LogP contribution in [0.25, 0.3) is 0 Å². The van der Waals surface area contributed by atoms with E-state index in [2.05, 4.69) is 5.32 Å². The van der Waals surface area contributed by atoms with Gasteiger partial charge in [-0.15, -0.1) is 0 Å². The fourth-order valence-electron chi connectivity index (χ4n) is 4.16. The summed E-state index contributed by atoms with van der Waals surface area (Å²) in [4.78, 5) is 40.3. The molecule has 0 bridgehead atoms. The summed E-state index contributed by atoms with van der Waals surface area (Å²) in [6, 6.07) is -0.693. The van der Waals surface area contributed by atoms with Crippen LogP contribution in [-0.4, -0.2) is 64.8 Å². The van der Waals surface area contributed by atoms with E-state index in [0.717, 1.165) is 32.4 Å². The standard InChI is InChI=1S/C21H37N3O3S/c1-17(20(26)23-12-7-4-8-13-23)22-21(27)24(15-16-28-18(2)25)14-11-19-9-5-3-6-10-19/h17,19H,3-16H2,1-2H3,(H,22,27). The molecular formula is C21H37N3O3S. The van der Waals surface area contributed by atoms with E-state index in [1.807, 2.05) is 4.90 Å². The topological polar surface area (TPSA) is 69.7 Å². The Morgan fingerprint density at radius 3 is 2.32 bits per heavy atom. The number of nitrogens with zero attached hydrogens (tertiary/aromatic N) is 2. The Balaban J connectivity index is 1.86. The number of hydrogen-bond donors (Lipinski definition) is 1. The average Bonchev–Trinajstić information content (AvgIpc) is 2.71. The summed E-state index contributed by atoms with van der Waals surface area (Å²) in [5, 5.41) is 2.98. The molecule has 0 aromatic rings. The molecule has 2 rings (SSSR count). The molecular weight excluding hydrogens is 374 g/mol. The molecule has 0 aromatic carbocycles. The second-order valence-electron chi connectivity index (χ2n) is 8.18. The molecule has 0 spiro atoms. The molecule has 1 saturated heterocycles. The molecule has 1 aliphatic carbocycles. The average molecular weight is 412 g/mol. The van der Waals surface area contributed by atoms with Gasteiger partial charge >= 0.3 is 6.03 Å². The largest absolute Gasteiger partial charge is 0.341 e. The Morgan fingerprint density at radius 1 is 1.04 bits per heavy atom. The Bertz CT molecular complexity index is 517. The van der Waals surface area contributed by atoms with Crippen LogP contribution < -0.4 is 5.32 Å². The van der Waals surface area contributed by atoms with Gasteiger partial charge in [-0.1, -0.05) is 43.9 Å². The van der Waals surface area contributed by atoms with E-state index in [1.54, 1.807) is 18.7 Å². The number of thioether (sulfide) groups is 1. The van der Waals surface area contributed by atoms with Gasteiger partial charge in [-0.25, -0.2) is 4.79 Å². The summed E-state index contributed by atoms with van der Waals surface area (Å²) < 4.78 is 0. The number of hydrogen-bond acceptors (Lipinski definition) is 4. The van der Waals surface area contributed by atoms with Crippen LogP contribution in [0.1, 0.15) is 71.6 Å². The molecule has 1 saturated carbocycles. The molecule has 2 fully saturated rings. The van der Waals surface area contributed by atoms with E-state index >= 15 is 0 Å². The minimum atomic E-state index is -0.511. The third-order valence-electron chi connectivity index (χ3n) is 5.86. The van der Waals surface area contributed by atoms with Gasteiger partial charge in [0.15, 0.2) is 5.12 Å². The number of likely N-dealkylation sites (tertiary alicyclic amines) is 1. The van der Waals surface area contributed by atoms with E-state index in [1.165, 1.54) is 50.3 Å². The van der Waals surface area contributed by atoms with Crippen molar-refractivity contribution in [2.75, 3.05) is 31.9 Å². The smallest absolute Gasteiger partial charge is 0.318 e. The normalized spacial score (nSPS) is 19.1. The highest BCUT2D eigenvalue weighted by atomic mass is 32.2. The van der Waals surface area contributed by atoms with Gasteiger partial charge in [0.25, 0.3) is 0 Å². The summed E-state index contributed by atoms with van der Waals surface area (Å²) in [5.41, 5.74) is 0. The van der Waals surface area contributed by atoms with Crippen LogP contribution in [-0.2, 0) is 9.59 Å². The summed E-state index contributed by atoms with van der Waals surface area (Å²) in [5.74, 6) is 1.30. The Hall–Kier alpha value is -1.24. The lowest BCUT2D eigenvalue weighted by molar-refractivity contribution is -0.133. The molecule has 1 heterocycles. The maximum atomic E-state index is 12.8. The van der Waals surface area contributed by atoms with Gasteiger partial charge < -0.3 is 15.1 Å². The molecule has 160 valence electrons. The van der Waals surface area contributed by atoms with Crippen molar-refractivity contribution >= 4 is 28.8 Å². The van der Waals surface area contributed by atoms with Crippen molar-refractivity contribution < 1.29 is 14.4 Å². The van der Waals surface area contributed by atoms with Crippen molar-refractivity contribution in [3.05, 3.63) is 0 Å². The van der Waals surface area contributed by atoms with Gasteiger partial charge in [0.2, 0.25) is 5.91 Å². The number of piperidine rings is 1. The van der Waals surface area contributed by atoms with Crippen molar-refractivity contribution in [1.29, 1.82) is 0 Å². The van der Waals surface area contributed by atoms with Crippen molar-refractivity contribution in [3.63, 3.8) is 0 Å². The molecule has 6 nitrogen and oxygen atoms in total. The second-order valence-corrected chi connectivity index (χ2v) is 9.45. The van der Waals surface area contributed by atoms with Crippen LogP contribution in [0.2, 0.25) is 0 Å². The number of amides is 3. The summed E-state index contributed by atoms with van der Waals surface area (Å²) >= 11 is 1.25. The predicted molar refractivity (Wildman–Crippen MR) is 114 cm³/mol. The van der Waals surface area contributed by atoms with Crippen LogP contribution in [0.5, 0.6) is 0 Å². The Morgan fingerprint density at radius 2 is 1.68 bits per heavy atom. The van der Waals surface area contributed by atoms with Crippen molar-refractivity contribution in [1.82, 2.24) is 15.1 Å². The van der Waals surface area contributed by atoms with E-state index < -0.39 is 6.04 Å². The zero-order valence-electron chi connectivity index (χ0n) is 17.6. The van der Waals surface area contributed by atoms with Crippen molar-refractivity contribution in [2.45, 2.75) is 77.7 Å². The number of carbonyl (C=O) groups excluding carboxylic acids is 3. The van der Waals surface area contributed by atoms with Gasteiger partial charge in [-0.3, -0.25) is 9.59 Å². The summed E-state index contributed by atoms with van der Waals surface area (Å²) in [6.07, 6.45) is 10.7. The quantitative estimate of drug-likeness (QED) is 0.662. The molecule has 1 aliphatic heterocycles. The van der Waals surface area contributed by atoms with Crippen molar-refractivity contribution in [2.24, 2.45) is 5.92 Å². The van der Waals surface area contributed by atoms with Crippen LogP contribution in [0.4, 0.5) is 4.79 Å². The first-order valence-electron chi connectivity index (χ1n) is 10.9. The van der Waals surface area contributed by atoms with Crippen LogP contribution >= 0.6 is 11.8 Å². The fraction of sp³-hybridized carbons (Fsp3) is 0.857. The van der Waals surface area contributed by atoms with Crippen LogP contribution in [0.15, 0.2) is 0 Å². The molecule has 1 unspecified atom stereocenters. The third-order valence-corrected chi connectivity index (χ3v) is 6.66. The Kier molecular flexibility index (Phi) is 10.2. The van der Waals surface area contributed by atoms with E-state index in [9.17, 15) is 14.4 Å². The van der Waals surface area contributed by atoms with Gasteiger partial charge in [0.05, 0.1) is 0 Å². The predicted octanol–water partition coefficient (Wildman–Crippen LogP) is 3.65. The molecule has 0 aromatic heterocycles. The lowest BCUT2D eigenvalue weighted by atomic mass is 9.87. The molecule has 3 amide bonds. The number of carbonyl (C=O) groups is 3. The lowest BCUT2D eigenvalue weighted by Crippen LogP contribution is -2.52. The van der Waals surface area contributed by atoms with Crippen molar-refractivity contribution in [3.8, 4) is 0 Å². The van der Waals surface area contributed by atoms with Gasteiger partial charge in [-0.2, -0.15) is 0 Å². The molecule has 0 radical (unpaired) electrons. The van der Waals surface area contributed by atoms with E-state index in [0.29, 0.717) is 24.8 Å². The number of nitrogens with one attached hydrogen (secondary N) is 1. The van der Waals surface area contributed by atoms with Gasteiger partial charge in [-0.05, 0) is 38.5 Å². The van der Waals surface area contributed by atoms with E-state index in [4.69, 9.17) is 0 Å². The van der Waals surface area contributed by atoms with Crippen LogP contribution in [0, 0.1) is 5.92 Å². The van der Waals surface area contributed by atoms with Gasteiger partial charge in [0.1, 0.15) is 6.04 Å².